The molecular weight excluding hydrogens is 466 g/mol. The number of amides is 1. The largest absolute Gasteiger partial charge is 0.487 e. The van der Waals surface area contributed by atoms with Gasteiger partial charge in [0.25, 0.3) is 0 Å². The normalized spacial score (nSPS) is 14.2. The summed E-state index contributed by atoms with van der Waals surface area (Å²) in [5, 5.41) is 15.8. The molecule has 1 saturated carbocycles. The minimum Gasteiger partial charge on any atom is -0.487 e. The first kappa shape index (κ1) is 24.5. The van der Waals surface area contributed by atoms with Gasteiger partial charge >= 0.3 is 0 Å². The van der Waals surface area contributed by atoms with Crippen LogP contribution in [0, 0.1) is 6.92 Å². The molecule has 0 saturated heterocycles. The van der Waals surface area contributed by atoms with Crippen molar-refractivity contribution < 1.29 is 9.53 Å². The van der Waals surface area contributed by atoms with Gasteiger partial charge in [-0.05, 0) is 56.2 Å². The van der Waals surface area contributed by atoms with Crippen molar-refractivity contribution in [3.8, 4) is 5.75 Å². The van der Waals surface area contributed by atoms with Crippen LogP contribution in [0.3, 0.4) is 0 Å². The fraction of sp³-hybridized carbons (Fsp3) is 0.440. The van der Waals surface area contributed by atoms with Crippen molar-refractivity contribution in [3.05, 3.63) is 57.8 Å². The molecule has 2 aromatic heterocycles. The lowest BCUT2D eigenvalue weighted by Gasteiger charge is -2.16. The van der Waals surface area contributed by atoms with Gasteiger partial charge in [-0.1, -0.05) is 36.7 Å². The van der Waals surface area contributed by atoms with Gasteiger partial charge in [0.1, 0.15) is 18.2 Å². The second-order valence-electron chi connectivity index (χ2n) is 8.35. The fourth-order valence-corrected chi connectivity index (χ4v) is 5.31. The molecule has 0 atom stereocenters. The summed E-state index contributed by atoms with van der Waals surface area (Å²) in [6, 6.07) is 8.20. The molecule has 0 unspecified atom stereocenters. The van der Waals surface area contributed by atoms with E-state index in [9.17, 15) is 4.79 Å². The first-order valence-electron chi connectivity index (χ1n) is 11.7. The molecule has 2 heterocycles. The maximum absolute atomic E-state index is 12.2. The molecule has 3 aromatic rings. The summed E-state index contributed by atoms with van der Waals surface area (Å²) in [6.07, 6.45) is 12.1. The Morgan fingerprint density at radius 1 is 1.26 bits per heavy atom. The summed E-state index contributed by atoms with van der Waals surface area (Å²) in [6.45, 7) is 3.05. The first-order chi connectivity index (χ1) is 16.6. The molecule has 1 aliphatic carbocycles. The van der Waals surface area contributed by atoms with Crippen molar-refractivity contribution in [2.24, 2.45) is 0 Å². The smallest absolute Gasteiger partial charge is 0.243 e. The molecule has 1 amide bonds. The SMILES string of the molecule is CSc1nnc(CCCNC(=O)C=Cc2ccc(OCc3csc(C)n3)cc2)n1C1CCCC1. The van der Waals surface area contributed by atoms with Crippen LogP contribution >= 0.6 is 23.1 Å². The number of thioether (sulfide) groups is 1. The predicted molar refractivity (Wildman–Crippen MR) is 137 cm³/mol. The van der Waals surface area contributed by atoms with Crippen molar-refractivity contribution in [2.75, 3.05) is 12.8 Å². The highest BCUT2D eigenvalue weighted by atomic mass is 32.2. The minimum absolute atomic E-state index is 0.0960. The number of aromatic nitrogens is 4. The van der Waals surface area contributed by atoms with Gasteiger partial charge in [-0.25, -0.2) is 4.98 Å². The number of nitrogens with one attached hydrogen (secondary N) is 1. The van der Waals surface area contributed by atoms with Crippen molar-refractivity contribution in [1.29, 1.82) is 0 Å². The number of hydrogen-bond acceptors (Lipinski definition) is 7. The van der Waals surface area contributed by atoms with E-state index in [1.807, 2.05) is 42.6 Å². The lowest BCUT2D eigenvalue weighted by molar-refractivity contribution is -0.116. The van der Waals surface area contributed by atoms with E-state index in [2.05, 4.69) is 31.3 Å². The zero-order valence-electron chi connectivity index (χ0n) is 19.7. The Morgan fingerprint density at radius 3 is 2.76 bits per heavy atom. The van der Waals surface area contributed by atoms with Gasteiger partial charge in [-0.15, -0.1) is 21.5 Å². The highest BCUT2D eigenvalue weighted by Crippen LogP contribution is 2.33. The molecule has 1 aliphatic rings. The van der Waals surface area contributed by atoms with E-state index in [-0.39, 0.29) is 5.91 Å². The Balaban J connectivity index is 1.19. The Kier molecular flexibility index (Phi) is 8.76. The van der Waals surface area contributed by atoms with Crippen LogP contribution in [0.25, 0.3) is 6.08 Å². The van der Waals surface area contributed by atoms with Crippen LogP contribution in [0.5, 0.6) is 5.75 Å². The molecule has 180 valence electrons. The number of thiazole rings is 1. The predicted octanol–water partition coefficient (Wildman–Crippen LogP) is 5.22. The molecule has 4 rings (SSSR count). The topological polar surface area (TPSA) is 81.9 Å². The van der Waals surface area contributed by atoms with Crippen molar-refractivity contribution in [1.82, 2.24) is 25.1 Å². The van der Waals surface area contributed by atoms with Gasteiger partial charge in [0, 0.05) is 30.5 Å². The Morgan fingerprint density at radius 2 is 2.06 bits per heavy atom. The highest BCUT2D eigenvalue weighted by Gasteiger charge is 2.23. The van der Waals surface area contributed by atoms with Gasteiger partial charge in [-0.2, -0.15) is 0 Å². The van der Waals surface area contributed by atoms with Gasteiger partial charge in [0.15, 0.2) is 5.16 Å². The number of carbonyl (C=O) groups excluding carboxylic acids is 1. The maximum Gasteiger partial charge on any atom is 0.243 e. The van der Waals surface area contributed by atoms with E-state index in [1.54, 1.807) is 29.2 Å². The molecule has 0 aliphatic heterocycles. The molecule has 34 heavy (non-hydrogen) atoms. The Hall–Kier alpha value is -2.65. The Bertz CT molecular complexity index is 1100. The number of benzene rings is 1. The van der Waals surface area contributed by atoms with E-state index in [4.69, 9.17) is 4.74 Å². The van der Waals surface area contributed by atoms with Crippen molar-refractivity contribution >= 4 is 35.1 Å². The molecule has 1 aromatic carbocycles. The number of ether oxygens (including phenoxy) is 1. The van der Waals surface area contributed by atoms with Crippen LogP contribution in [0.1, 0.15) is 60.2 Å². The van der Waals surface area contributed by atoms with E-state index in [0.717, 1.165) is 45.8 Å². The van der Waals surface area contributed by atoms with E-state index >= 15 is 0 Å². The van der Waals surface area contributed by atoms with Crippen molar-refractivity contribution in [3.63, 3.8) is 0 Å². The molecule has 1 fully saturated rings. The molecule has 1 N–H and O–H groups in total. The minimum atomic E-state index is -0.0960. The lowest BCUT2D eigenvalue weighted by Crippen LogP contribution is -2.23. The lowest BCUT2D eigenvalue weighted by atomic mass is 10.2. The average Bonchev–Trinajstić information content (AvgIpc) is 3.60. The number of nitrogens with zero attached hydrogens (tertiary/aromatic N) is 4. The number of aryl methyl sites for hydroxylation is 2. The average molecular weight is 498 g/mol. The molecular formula is C25H31N5O2S2. The first-order valence-corrected chi connectivity index (χ1v) is 13.8. The van der Waals surface area contributed by atoms with Gasteiger partial charge in [0.2, 0.25) is 5.91 Å². The third kappa shape index (κ3) is 6.70. The third-order valence-corrected chi connectivity index (χ3v) is 7.31. The van der Waals surface area contributed by atoms with Crippen LogP contribution in [-0.4, -0.2) is 38.5 Å². The number of hydrogen-bond donors (Lipinski definition) is 1. The number of carbonyl (C=O) groups is 1. The van der Waals surface area contributed by atoms with E-state index < -0.39 is 0 Å². The molecule has 0 spiro atoms. The van der Waals surface area contributed by atoms with E-state index in [0.29, 0.717) is 19.2 Å². The monoisotopic (exact) mass is 497 g/mol. The summed E-state index contributed by atoms with van der Waals surface area (Å²) >= 11 is 3.27. The summed E-state index contributed by atoms with van der Waals surface area (Å²) in [5.74, 6) is 1.72. The van der Waals surface area contributed by atoms with Crippen LogP contribution in [0.15, 0.2) is 40.9 Å². The summed E-state index contributed by atoms with van der Waals surface area (Å²) in [7, 11) is 0. The molecule has 9 heteroatoms. The molecule has 0 radical (unpaired) electrons. The van der Waals surface area contributed by atoms with Gasteiger partial charge in [-0.3, -0.25) is 4.79 Å². The van der Waals surface area contributed by atoms with Gasteiger partial charge in [0.05, 0.1) is 10.7 Å². The number of rotatable bonds is 11. The standard InChI is InChI=1S/C25H31N5O2S2/c1-18-27-20(17-34-18)16-32-22-12-9-19(10-13-22)11-14-24(31)26-15-5-8-23-28-29-25(33-2)30(23)21-6-3-4-7-21/h9-14,17,21H,3-8,15-16H2,1-2H3,(H,26,31). The fourth-order valence-electron chi connectivity index (χ4n) is 4.14. The zero-order valence-corrected chi connectivity index (χ0v) is 21.3. The second-order valence-corrected chi connectivity index (χ2v) is 10.2. The summed E-state index contributed by atoms with van der Waals surface area (Å²) in [5.41, 5.74) is 1.88. The highest BCUT2D eigenvalue weighted by molar-refractivity contribution is 7.98. The summed E-state index contributed by atoms with van der Waals surface area (Å²) < 4.78 is 8.09. The molecule has 0 bridgehead atoms. The van der Waals surface area contributed by atoms with Crippen LogP contribution in [0.2, 0.25) is 0 Å². The van der Waals surface area contributed by atoms with Crippen LogP contribution in [-0.2, 0) is 17.8 Å². The molecule has 7 nitrogen and oxygen atoms in total. The van der Waals surface area contributed by atoms with E-state index in [1.165, 1.54) is 25.7 Å². The quantitative estimate of drug-likeness (QED) is 0.222. The van der Waals surface area contributed by atoms with Crippen molar-refractivity contribution in [2.45, 2.75) is 63.3 Å². The van der Waals surface area contributed by atoms with Crippen LogP contribution < -0.4 is 10.1 Å². The Labute approximate surface area is 209 Å². The maximum atomic E-state index is 12.2. The van der Waals surface area contributed by atoms with Crippen LogP contribution in [0.4, 0.5) is 0 Å². The zero-order chi connectivity index (χ0) is 23.8. The third-order valence-electron chi connectivity index (χ3n) is 5.84. The van der Waals surface area contributed by atoms with Gasteiger partial charge < -0.3 is 14.6 Å². The second kappa shape index (κ2) is 12.2. The summed E-state index contributed by atoms with van der Waals surface area (Å²) in [4.78, 5) is 16.6.